The molecule has 0 spiro atoms. The number of rotatable bonds is 7. The number of benzene rings is 1. The van der Waals surface area contributed by atoms with Crippen LogP contribution in [-0.2, 0) is 6.42 Å². The van der Waals surface area contributed by atoms with E-state index in [0.717, 1.165) is 19.4 Å². The van der Waals surface area contributed by atoms with Crippen molar-refractivity contribution < 1.29 is 4.39 Å². The van der Waals surface area contributed by atoms with Gasteiger partial charge in [-0.2, -0.15) is 0 Å². The van der Waals surface area contributed by atoms with Crippen molar-refractivity contribution in [2.24, 2.45) is 5.73 Å². The third kappa shape index (κ3) is 4.63. The van der Waals surface area contributed by atoms with Crippen LogP contribution in [-0.4, -0.2) is 24.5 Å². The van der Waals surface area contributed by atoms with E-state index in [-0.39, 0.29) is 11.9 Å². The average Bonchev–Trinajstić information content (AvgIpc) is 2.97. The molecule has 0 radical (unpaired) electrons. The lowest BCUT2D eigenvalue weighted by Gasteiger charge is -2.25. The van der Waals surface area contributed by atoms with Gasteiger partial charge in [-0.3, -0.25) is 0 Å². The van der Waals surface area contributed by atoms with E-state index in [1.807, 2.05) is 6.07 Å². The molecule has 2 aromatic rings. The Bertz CT molecular complexity index is 541. The minimum atomic E-state index is -0.248. The molecule has 2 atom stereocenters. The monoisotopic (exact) mass is 306 g/mol. The van der Waals surface area contributed by atoms with Gasteiger partial charge in [0.05, 0.1) is 0 Å². The molecule has 1 aromatic carbocycles. The van der Waals surface area contributed by atoms with Crippen molar-refractivity contribution in [3.8, 4) is 0 Å². The number of likely N-dealkylation sites (N-methyl/N-ethyl adjacent to an activating group) is 1. The molecule has 0 aliphatic rings. The van der Waals surface area contributed by atoms with Crippen molar-refractivity contribution in [1.29, 1.82) is 0 Å². The number of halogens is 1. The molecule has 21 heavy (non-hydrogen) atoms. The summed E-state index contributed by atoms with van der Waals surface area (Å²) in [5.74, 6) is -0.209. The second-order valence-electron chi connectivity index (χ2n) is 5.53. The summed E-state index contributed by atoms with van der Waals surface area (Å²) in [5.41, 5.74) is 6.72. The van der Waals surface area contributed by atoms with Crippen molar-refractivity contribution >= 4 is 11.3 Å². The molecular weight excluding hydrogens is 283 g/mol. The fraction of sp³-hybridized carbons (Fsp3) is 0.412. The van der Waals surface area contributed by atoms with Gasteiger partial charge in [-0.25, -0.2) is 4.39 Å². The molecule has 0 bridgehead atoms. The van der Waals surface area contributed by atoms with Crippen LogP contribution >= 0.6 is 11.3 Å². The minimum Gasteiger partial charge on any atom is -0.324 e. The van der Waals surface area contributed by atoms with E-state index < -0.39 is 0 Å². The van der Waals surface area contributed by atoms with Crippen LogP contribution in [0.3, 0.4) is 0 Å². The van der Waals surface area contributed by atoms with E-state index in [0.29, 0.717) is 11.6 Å². The minimum absolute atomic E-state index is 0.209. The summed E-state index contributed by atoms with van der Waals surface area (Å²) < 4.78 is 13.7. The fourth-order valence-electron chi connectivity index (χ4n) is 2.37. The maximum atomic E-state index is 13.7. The molecule has 1 heterocycles. The zero-order chi connectivity index (χ0) is 15.2. The van der Waals surface area contributed by atoms with Gasteiger partial charge >= 0.3 is 0 Å². The highest BCUT2D eigenvalue weighted by Gasteiger charge is 2.15. The Morgan fingerprint density at radius 3 is 2.67 bits per heavy atom. The summed E-state index contributed by atoms with van der Waals surface area (Å²) in [6.07, 6.45) is 1.80. The first-order valence-electron chi connectivity index (χ1n) is 7.30. The normalized spacial score (nSPS) is 14.3. The van der Waals surface area contributed by atoms with Crippen LogP contribution < -0.4 is 5.73 Å². The standard InChI is InChI=1S/C17H23FN2S/c1-13(12-14-6-5-11-21-14)20(2)10-9-17(19)15-7-3-4-8-16(15)18/h3-8,11,13,17H,9-10,12,19H2,1-2H3. The van der Waals surface area contributed by atoms with E-state index in [1.54, 1.807) is 23.5 Å². The van der Waals surface area contributed by atoms with Crippen molar-refractivity contribution in [2.75, 3.05) is 13.6 Å². The van der Waals surface area contributed by atoms with E-state index in [1.165, 1.54) is 10.9 Å². The largest absolute Gasteiger partial charge is 0.324 e. The van der Waals surface area contributed by atoms with Crippen molar-refractivity contribution in [1.82, 2.24) is 4.90 Å². The second kappa shape index (κ2) is 7.69. The molecule has 0 aliphatic carbocycles. The first-order valence-corrected chi connectivity index (χ1v) is 8.18. The van der Waals surface area contributed by atoms with Crippen LogP contribution in [0, 0.1) is 5.82 Å². The lowest BCUT2D eigenvalue weighted by Crippen LogP contribution is -2.33. The van der Waals surface area contributed by atoms with E-state index in [2.05, 4.69) is 36.4 Å². The highest BCUT2D eigenvalue weighted by molar-refractivity contribution is 7.09. The van der Waals surface area contributed by atoms with Crippen molar-refractivity contribution in [3.05, 3.63) is 58.0 Å². The Morgan fingerprint density at radius 1 is 1.24 bits per heavy atom. The number of nitrogens with two attached hydrogens (primary N) is 1. The molecule has 0 saturated heterocycles. The Labute approximate surface area is 130 Å². The van der Waals surface area contributed by atoms with Gasteiger partial charge in [0.2, 0.25) is 0 Å². The smallest absolute Gasteiger partial charge is 0.127 e. The van der Waals surface area contributed by atoms with Crippen molar-refractivity contribution in [2.45, 2.75) is 31.8 Å². The maximum Gasteiger partial charge on any atom is 0.127 e. The summed E-state index contributed by atoms with van der Waals surface area (Å²) in [6.45, 7) is 3.08. The third-order valence-electron chi connectivity index (χ3n) is 3.93. The Morgan fingerprint density at radius 2 is 2.00 bits per heavy atom. The summed E-state index contributed by atoms with van der Waals surface area (Å²) in [7, 11) is 2.10. The van der Waals surface area contributed by atoms with Gasteiger partial charge < -0.3 is 10.6 Å². The molecule has 0 fully saturated rings. The van der Waals surface area contributed by atoms with Gasteiger partial charge in [0, 0.05) is 22.5 Å². The fourth-order valence-corrected chi connectivity index (χ4v) is 3.20. The highest BCUT2D eigenvalue weighted by atomic mass is 32.1. The molecular formula is C17H23FN2S. The lowest BCUT2D eigenvalue weighted by molar-refractivity contribution is 0.247. The summed E-state index contributed by atoms with van der Waals surface area (Å²) in [5, 5.41) is 2.11. The number of hydrogen-bond acceptors (Lipinski definition) is 3. The third-order valence-corrected chi connectivity index (χ3v) is 4.83. The molecule has 2 unspecified atom stereocenters. The number of nitrogens with zero attached hydrogens (tertiary/aromatic N) is 1. The van der Waals surface area contributed by atoms with Gasteiger partial charge in [-0.1, -0.05) is 24.3 Å². The lowest BCUT2D eigenvalue weighted by atomic mass is 10.0. The van der Waals surface area contributed by atoms with Crippen LogP contribution in [0.25, 0.3) is 0 Å². The summed E-state index contributed by atoms with van der Waals surface area (Å²) >= 11 is 1.79. The van der Waals surface area contributed by atoms with Gasteiger partial charge in [-0.05, 0) is 50.9 Å². The molecule has 0 aliphatic heterocycles. The molecule has 0 amide bonds. The average molecular weight is 306 g/mol. The molecule has 0 saturated carbocycles. The van der Waals surface area contributed by atoms with Crippen LogP contribution in [0.5, 0.6) is 0 Å². The zero-order valence-electron chi connectivity index (χ0n) is 12.6. The van der Waals surface area contributed by atoms with E-state index >= 15 is 0 Å². The molecule has 2 nitrogen and oxygen atoms in total. The van der Waals surface area contributed by atoms with E-state index in [9.17, 15) is 4.39 Å². The van der Waals surface area contributed by atoms with Crippen LogP contribution in [0.4, 0.5) is 4.39 Å². The van der Waals surface area contributed by atoms with Gasteiger partial charge in [0.1, 0.15) is 5.82 Å². The highest BCUT2D eigenvalue weighted by Crippen LogP contribution is 2.19. The van der Waals surface area contributed by atoms with Crippen LogP contribution in [0.2, 0.25) is 0 Å². The van der Waals surface area contributed by atoms with E-state index in [4.69, 9.17) is 5.73 Å². The predicted octanol–water partition coefficient (Wildman–Crippen LogP) is 3.84. The first-order chi connectivity index (χ1) is 10.1. The zero-order valence-corrected chi connectivity index (χ0v) is 13.4. The van der Waals surface area contributed by atoms with Crippen LogP contribution in [0.1, 0.15) is 29.8 Å². The van der Waals surface area contributed by atoms with Gasteiger partial charge in [0.15, 0.2) is 0 Å². The Balaban J connectivity index is 1.83. The van der Waals surface area contributed by atoms with Gasteiger partial charge in [0.25, 0.3) is 0 Å². The van der Waals surface area contributed by atoms with Crippen molar-refractivity contribution in [3.63, 3.8) is 0 Å². The Hall–Kier alpha value is -1.23. The summed E-state index contributed by atoms with van der Waals surface area (Å²) in [6, 6.07) is 11.2. The maximum absolute atomic E-state index is 13.7. The number of thiophene rings is 1. The molecule has 4 heteroatoms. The molecule has 2 N–H and O–H groups in total. The molecule has 1 aromatic heterocycles. The Kier molecular flexibility index (Phi) is 5.91. The van der Waals surface area contributed by atoms with Crippen LogP contribution in [0.15, 0.2) is 41.8 Å². The SMILES string of the molecule is CC(Cc1cccs1)N(C)CCC(N)c1ccccc1F. The van der Waals surface area contributed by atoms with Gasteiger partial charge in [-0.15, -0.1) is 11.3 Å². The molecule has 114 valence electrons. The second-order valence-corrected chi connectivity index (χ2v) is 6.56. The first kappa shape index (κ1) is 16.1. The topological polar surface area (TPSA) is 29.3 Å². The summed E-state index contributed by atoms with van der Waals surface area (Å²) in [4.78, 5) is 3.69. The predicted molar refractivity (Wildman–Crippen MR) is 88.1 cm³/mol. The quantitative estimate of drug-likeness (QED) is 0.842. The molecule has 2 rings (SSSR count). The number of hydrogen-bond donors (Lipinski definition) is 1.